The number of halogens is 4. The summed E-state index contributed by atoms with van der Waals surface area (Å²) in [5.41, 5.74) is 0.846. The Kier molecular flexibility index (Phi) is 5.23. The molecule has 3 aromatic rings. The Morgan fingerprint density at radius 1 is 1.12 bits per heavy atom. The third-order valence-corrected chi connectivity index (χ3v) is 5.21. The zero-order chi connectivity index (χ0) is 23.2. The summed E-state index contributed by atoms with van der Waals surface area (Å²) in [6.07, 6.45) is -2.70. The molecule has 0 unspecified atom stereocenters. The van der Waals surface area contributed by atoms with Crippen LogP contribution in [0.2, 0.25) is 0 Å². The Bertz CT molecular complexity index is 1260. The summed E-state index contributed by atoms with van der Waals surface area (Å²) >= 11 is 0. The number of pyridine rings is 1. The van der Waals surface area contributed by atoms with Gasteiger partial charge < -0.3 is 15.7 Å². The number of alkyl halides is 3. The van der Waals surface area contributed by atoms with Crippen LogP contribution in [0.25, 0.3) is 16.6 Å². The van der Waals surface area contributed by atoms with Crippen LogP contribution in [0, 0.1) is 5.82 Å². The number of amides is 1. The molecule has 4 rings (SSSR count). The van der Waals surface area contributed by atoms with Crippen molar-refractivity contribution in [3.8, 4) is 11.4 Å². The minimum Gasteiger partial charge on any atom is -0.506 e. The molecule has 8 nitrogen and oxygen atoms in total. The van der Waals surface area contributed by atoms with Gasteiger partial charge in [-0.15, -0.1) is 0 Å². The van der Waals surface area contributed by atoms with E-state index in [1.165, 1.54) is 0 Å². The van der Waals surface area contributed by atoms with Crippen molar-refractivity contribution >= 4 is 22.6 Å². The lowest BCUT2D eigenvalue weighted by molar-refractivity contribution is -0.142. The van der Waals surface area contributed by atoms with Crippen LogP contribution in [0.5, 0.6) is 5.75 Å². The van der Waals surface area contributed by atoms with E-state index in [1.54, 1.807) is 4.90 Å². The third-order valence-electron chi connectivity index (χ3n) is 5.21. The summed E-state index contributed by atoms with van der Waals surface area (Å²) < 4.78 is 56.4. The van der Waals surface area contributed by atoms with Crippen molar-refractivity contribution in [1.29, 1.82) is 0 Å². The average molecular weight is 451 g/mol. The maximum absolute atomic E-state index is 14.5. The van der Waals surface area contributed by atoms with E-state index in [9.17, 15) is 32.3 Å². The number of hydrogen-bond donors (Lipinski definition) is 2. The minimum absolute atomic E-state index is 0.00472. The summed E-state index contributed by atoms with van der Waals surface area (Å²) in [5, 5.41) is 9.80. The van der Waals surface area contributed by atoms with E-state index in [-0.39, 0.29) is 15.8 Å². The monoisotopic (exact) mass is 451 g/mol. The Balaban J connectivity index is 2.15. The lowest BCUT2D eigenvalue weighted by atomic mass is 10.1. The van der Waals surface area contributed by atoms with Crippen LogP contribution in [0.3, 0.4) is 0 Å². The summed E-state index contributed by atoms with van der Waals surface area (Å²) in [4.78, 5) is 34.5. The smallest absolute Gasteiger partial charge is 0.431 e. The number of nitrogens with two attached hydrogens (primary N) is 1. The molecule has 1 aromatic carbocycles. The Morgan fingerprint density at radius 2 is 1.81 bits per heavy atom. The Labute approximate surface area is 177 Å². The van der Waals surface area contributed by atoms with E-state index >= 15 is 0 Å². The van der Waals surface area contributed by atoms with Gasteiger partial charge in [0.25, 0.3) is 11.5 Å². The van der Waals surface area contributed by atoms with Gasteiger partial charge >= 0.3 is 6.18 Å². The number of nitrogens with zero attached hydrogens (tertiary/aromatic N) is 4. The van der Waals surface area contributed by atoms with Crippen molar-refractivity contribution in [3.63, 3.8) is 0 Å². The quantitative estimate of drug-likeness (QED) is 0.592. The predicted octanol–water partition coefficient (Wildman–Crippen LogP) is 2.73. The summed E-state index contributed by atoms with van der Waals surface area (Å²) in [5.74, 6) is -3.80. The van der Waals surface area contributed by atoms with Crippen molar-refractivity contribution in [1.82, 2.24) is 14.5 Å². The molecule has 0 atom stereocenters. The predicted molar refractivity (Wildman–Crippen MR) is 106 cm³/mol. The molecule has 168 valence electrons. The molecule has 12 heteroatoms. The van der Waals surface area contributed by atoms with Crippen LogP contribution < -0.4 is 16.2 Å². The van der Waals surface area contributed by atoms with Gasteiger partial charge in [-0.05, 0) is 37.5 Å². The number of rotatable bonds is 3. The molecule has 0 bridgehead atoms. The SMILES string of the molecule is NC(=O)c1nc(N2CCCCC2)c2cc(C(F)(F)F)n(-c3c(O)cccc3F)c(=O)c2n1. The number of carbonyl (C=O) groups excluding carboxylic acids is 1. The second-order valence-electron chi connectivity index (χ2n) is 7.32. The number of aromatic nitrogens is 3. The van der Waals surface area contributed by atoms with Gasteiger partial charge in [-0.3, -0.25) is 14.2 Å². The molecule has 1 aliphatic rings. The number of primary amides is 1. The van der Waals surface area contributed by atoms with Crippen LogP contribution >= 0.6 is 0 Å². The topological polar surface area (TPSA) is 114 Å². The number of carbonyl (C=O) groups is 1. The van der Waals surface area contributed by atoms with E-state index in [1.807, 2.05) is 0 Å². The van der Waals surface area contributed by atoms with Gasteiger partial charge in [0.1, 0.15) is 28.5 Å². The number of phenols is 1. The number of aromatic hydroxyl groups is 1. The molecule has 0 saturated carbocycles. The van der Waals surface area contributed by atoms with Gasteiger partial charge in [0, 0.05) is 13.1 Å². The summed E-state index contributed by atoms with van der Waals surface area (Å²) in [6.45, 7) is 0.895. The third kappa shape index (κ3) is 3.61. The fourth-order valence-electron chi connectivity index (χ4n) is 3.78. The molecule has 3 N–H and O–H groups in total. The zero-order valence-electron chi connectivity index (χ0n) is 16.5. The number of benzene rings is 1. The van der Waals surface area contributed by atoms with Crippen molar-refractivity contribution < 1.29 is 27.5 Å². The first-order valence-electron chi connectivity index (χ1n) is 9.67. The molecule has 1 amide bonds. The van der Waals surface area contributed by atoms with E-state index in [4.69, 9.17) is 5.73 Å². The van der Waals surface area contributed by atoms with E-state index in [0.29, 0.717) is 19.2 Å². The maximum Gasteiger partial charge on any atom is 0.431 e. The number of phenolic OH excluding ortho intramolecular Hbond substituents is 1. The van der Waals surface area contributed by atoms with Crippen LogP contribution in [0.15, 0.2) is 29.1 Å². The molecule has 1 aliphatic heterocycles. The molecule has 1 saturated heterocycles. The standard InChI is InChI=1S/C20H17F4N5O3/c21-11-5-4-6-12(30)15(11)29-13(20(22,23)24)9-10-14(19(29)32)26-17(16(25)31)27-18(10)28-7-2-1-3-8-28/h4-6,9,30H,1-3,7-8H2,(H2,25,31). The first kappa shape index (κ1) is 21.5. The highest BCUT2D eigenvalue weighted by Gasteiger charge is 2.38. The molecular formula is C20H17F4N5O3. The number of fused-ring (bicyclic) bond motifs is 1. The molecule has 32 heavy (non-hydrogen) atoms. The average Bonchev–Trinajstić information content (AvgIpc) is 2.74. The van der Waals surface area contributed by atoms with Crippen molar-refractivity contribution in [2.75, 3.05) is 18.0 Å². The maximum atomic E-state index is 14.5. The fraction of sp³-hybridized carbons (Fsp3) is 0.300. The molecule has 0 spiro atoms. The van der Waals surface area contributed by atoms with Crippen molar-refractivity contribution in [2.45, 2.75) is 25.4 Å². The Hall–Kier alpha value is -3.70. The van der Waals surface area contributed by atoms with E-state index < -0.39 is 51.9 Å². The first-order valence-corrected chi connectivity index (χ1v) is 9.67. The molecule has 2 aromatic heterocycles. The van der Waals surface area contributed by atoms with E-state index in [2.05, 4.69) is 9.97 Å². The van der Waals surface area contributed by atoms with Gasteiger partial charge in [-0.1, -0.05) is 6.07 Å². The Morgan fingerprint density at radius 3 is 2.41 bits per heavy atom. The molecule has 3 heterocycles. The summed E-state index contributed by atoms with van der Waals surface area (Å²) in [7, 11) is 0. The first-order chi connectivity index (χ1) is 15.1. The largest absolute Gasteiger partial charge is 0.506 e. The van der Waals surface area contributed by atoms with Crippen LogP contribution in [-0.4, -0.2) is 38.6 Å². The minimum atomic E-state index is -5.09. The number of anilines is 1. The van der Waals surface area contributed by atoms with Crippen molar-refractivity contribution in [2.24, 2.45) is 5.73 Å². The molecular weight excluding hydrogens is 434 g/mol. The zero-order valence-corrected chi connectivity index (χ0v) is 16.5. The van der Waals surface area contributed by atoms with Gasteiger partial charge in [-0.2, -0.15) is 13.2 Å². The second-order valence-corrected chi connectivity index (χ2v) is 7.32. The van der Waals surface area contributed by atoms with Crippen LogP contribution in [0.1, 0.15) is 35.6 Å². The van der Waals surface area contributed by atoms with Crippen molar-refractivity contribution in [3.05, 3.63) is 52.0 Å². The second kappa shape index (κ2) is 7.77. The highest BCUT2D eigenvalue weighted by molar-refractivity contribution is 5.96. The number of para-hydroxylation sites is 1. The lowest BCUT2D eigenvalue weighted by Gasteiger charge is -2.29. The fourth-order valence-corrected chi connectivity index (χ4v) is 3.78. The van der Waals surface area contributed by atoms with Gasteiger partial charge in [0.2, 0.25) is 5.82 Å². The highest BCUT2D eigenvalue weighted by Crippen LogP contribution is 2.36. The number of hydrogen-bond acceptors (Lipinski definition) is 6. The van der Waals surface area contributed by atoms with Crippen LogP contribution in [0.4, 0.5) is 23.4 Å². The molecule has 0 aliphatic carbocycles. The lowest BCUT2D eigenvalue weighted by Crippen LogP contribution is -2.33. The highest BCUT2D eigenvalue weighted by atomic mass is 19.4. The van der Waals surface area contributed by atoms with Gasteiger partial charge in [-0.25, -0.2) is 14.4 Å². The van der Waals surface area contributed by atoms with Crippen LogP contribution in [-0.2, 0) is 6.18 Å². The summed E-state index contributed by atoms with van der Waals surface area (Å²) in [6, 6.07) is 3.45. The molecule has 1 fully saturated rings. The normalized spacial score (nSPS) is 14.7. The van der Waals surface area contributed by atoms with Gasteiger partial charge in [0.15, 0.2) is 5.82 Å². The molecule has 0 radical (unpaired) electrons. The number of piperidine rings is 1. The van der Waals surface area contributed by atoms with E-state index in [0.717, 1.165) is 37.5 Å². The van der Waals surface area contributed by atoms with Gasteiger partial charge in [0.05, 0.1) is 5.39 Å².